The Hall–Kier alpha value is -1.51. The Morgan fingerprint density at radius 2 is 2.39 bits per heavy atom. The minimum Gasteiger partial charge on any atom is -1.00 e. The Kier molecular flexibility index (Phi) is 8.71. The zero-order valence-corrected chi connectivity index (χ0v) is 11.2. The van der Waals surface area contributed by atoms with Gasteiger partial charge in [0.05, 0.1) is 6.54 Å². The van der Waals surface area contributed by atoms with Crippen LogP contribution in [0.5, 0.6) is 0 Å². The van der Waals surface area contributed by atoms with Gasteiger partial charge in [-0.1, -0.05) is 5.16 Å². The lowest BCUT2D eigenvalue weighted by molar-refractivity contribution is -0.731. The monoisotopic (exact) mass is 271 g/mol. The number of terminal acetylenes is 1. The van der Waals surface area contributed by atoms with Gasteiger partial charge >= 0.3 is 5.82 Å². The zero-order valence-electron chi connectivity index (χ0n) is 10.4. The van der Waals surface area contributed by atoms with Gasteiger partial charge in [0.2, 0.25) is 0 Å². The average Bonchev–Trinajstić information content (AvgIpc) is 2.69. The summed E-state index contributed by atoms with van der Waals surface area (Å²) in [4.78, 5) is 0. The molecule has 1 heterocycles. The molecule has 0 radical (unpaired) electrons. The van der Waals surface area contributed by atoms with Crippen molar-refractivity contribution >= 4 is 6.21 Å². The number of aryl methyl sites for hydroxylation is 1. The Bertz CT molecular complexity index is 410. The van der Waals surface area contributed by atoms with Crippen LogP contribution in [-0.2, 0) is 18.0 Å². The maximum Gasteiger partial charge on any atom is 0.305 e. The van der Waals surface area contributed by atoms with Crippen molar-refractivity contribution in [1.29, 1.82) is 0 Å². The quantitative estimate of drug-likeness (QED) is 0.156. The largest absolute Gasteiger partial charge is 1.00 e. The fraction of sp³-hybridized carbons (Fsp3) is 0.500. The number of rotatable bonds is 7. The molecule has 1 aromatic rings. The molecule has 0 aromatic carbocycles. The van der Waals surface area contributed by atoms with Crippen molar-refractivity contribution in [1.82, 2.24) is 4.57 Å². The van der Waals surface area contributed by atoms with Crippen molar-refractivity contribution < 1.29 is 26.9 Å². The molecular weight excluding hydrogens is 254 g/mol. The lowest BCUT2D eigenvalue weighted by atomic mass is 10.2. The number of imidazole rings is 1. The number of halogens is 1. The van der Waals surface area contributed by atoms with E-state index in [1.54, 1.807) is 7.11 Å². The molecule has 0 amide bonds. The van der Waals surface area contributed by atoms with Crippen molar-refractivity contribution in [2.45, 2.75) is 32.5 Å². The third kappa shape index (κ3) is 4.78. The number of nitrogens with zero attached hydrogens (tertiary/aromatic N) is 3. The van der Waals surface area contributed by atoms with Gasteiger partial charge in [-0.2, -0.15) is 0 Å². The summed E-state index contributed by atoms with van der Waals surface area (Å²) >= 11 is 0. The van der Waals surface area contributed by atoms with E-state index < -0.39 is 0 Å². The third-order valence-electron chi connectivity index (χ3n) is 2.43. The zero-order chi connectivity index (χ0) is 12.5. The maximum absolute atomic E-state index is 8.64. The molecule has 0 aliphatic carbocycles. The molecule has 0 saturated heterocycles. The van der Waals surface area contributed by atoms with Gasteiger partial charge < -0.3 is 22.4 Å². The van der Waals surface area contributed by atoms with Gasteiger partial charge in [0.25, 0.3) is 0 Å². The minimum atomic E-state index is 0. The van der Waals surface area contributed by atoms with Crippen molar-refractivity contribution in [2.24, 2.45) is 5.16 Å². The van der Waals surface area contributed by atoms with E-state index in [1.165, 1.54) is 6.21 Å². The average molecular weight is 272 g/mol. The van der Waals surface area contributed by atoms with Crippen LogP contribution in [0, 0.1) is 12.3 Å². The number of hydrogen-bond donors (Lipinski definition) is 1. The Morgan fingerprint density at radius 1 is 1.61 bits per heavy atom. The van der Waals surface area contributed by atoms with Crippen LogP contribution >= 0.6 is 0 Å². The molecule has 0 unspecified atom stereocenters. The fourth-order valence-corrected chi connectivity index (χ4v) is 1.63. The summed E-state index contributed by atoms with van der Waals surface area (Å²) in [6.45, 7) is 1.28. The normalized spacial score (nSPS) is 10.2. The van der Waals surface area contributed by atoms with Gasteiger partial charge in [-0.15, -0.1) is 12.3 Å². The first-order valence-corrected chi connectivity index (χ1v) is 5.52. The third-order valence-corrected chi connectivity index (χ3v) is 2.43. The van der Waals surface area contributed by atoms with Gasteiger partial charge in [0.1, 0.15) is 12.4 Å². The lowest BCUT2D eigenvalue weighted by Crippen LogP contribution is -3.00. The molecule has 0 atom stereocenters. The standard InChI is InChI=1S/C12H17N3O2.ClH/c1-3-4-5-6-7-14-8-9-15(11-17-2)12(14)10-13-16;/h1,8-10H,4-7,11H2,2H3;1H. The molecule has 0 aliphatic heterocycles. The van der Waals surface area contributed by atoms with Crippen LogP contribution in [0.1, 0.15) is 25.1 Å². The molecule has 0 fully saturated rings. The Balaban J connectivity index is 0.00000289. The lowest BCUT2D eigenvalue weighted by Gasteiger charge is -1.99. The van der Waals surface area contributed by atoms with Crippen LogP contribution in [0.3, 0.4) is 0 Å². The van der Waals surface area contributed by atoms with E-state index in [-0.39, 0.29) is 12.4 Å². The minimum absolute atomic E-state index is 0. The van der Waals surface area contributed by atoms with Gasteiger partial charge in [-0.05, 0) is 12.8 Å². The maximum atomic E-state index is 8.64. The molecule has 6 heteroatoms. The van der Waals surface area contributed by atoms with Crippen molar-refractivity contribution in [3.05, 3.63) is 18.2 Å². The summed E-state index contributed by atoms with van der Waals surface area (Å²) in [5, 5.41) is 11.7. The number of ether oxygens (including phenoxy) is 1. The number of hydrogen-bond acceptors (Lipinski definition) is 3. The predicted octanol–water partition coefficient (Wildman–Crippen LogP) is -2.00. The molecular formula is C12H18ClN3O2. The highest BCUT2D eigenvalue weighted by Gasteiger charge is 2.14. The molecule has 1 rings (SSSR count). The van der Waals surface area contributed by atoms with Crippen LogP contribution < -0.4 is 17.0 Å². The summed E-state index contributed by atoms with van der Waals surface area (Å²) in [6, 6.07) is 0. The molecule has 1 N–H and O–H groups in total. The van der Waals surface area contributed by atoms with Crippen molar-refractivity contribution in [3.63, 3.8) is 0 Å². The van der Waals surface area contributed by atoms with E-state index in [4.69, 9.17) is 16.4 Å². The molecule has 1 aromatic heterocycles. The number of unbranched alkanes of at least 4 members (excludes halogenated alkanes) is 2. The van der Waals surface area contributed by atoms with E-state index in [0.717, 1.165) is 31.6 Å². The molecule has 0 saturated carbocycles. The molecule has 0 aliphatic rings. The second-order valence-electron chi connectivity index (χ2n) is 3.64. The summed E-state index contributed by atoms with van der Waals surface area (Å²) in [5.41, 5.74) is 0. The van der Waals surface area contributed by atoms with Gasteiger partial charge in [-0.25, -0.2) is 9.13 Å². The van der Waals surface area contributed by atoms with Crippen LogP contribution in [0.15, 0.2) is 17.5 Å². The first-order chi connectivity index (χ1) is 8.33. The first-order valence-electron chi connectivity index (χ1n) is 5.52. The SMILES string of the molecule is C#CCCCCn1cc[n+](COC)c1/C=N/O.[Cl-]. The van der Waals surface area contributed by atoms with Gasteiger partial charge in [0.15, 0.2) is 12.9 Å². The summed E-state index contributed by atoms with van der Waals surface area (Å²) in [6.07, 6.45) is 13.2. The molecule has 0 bridgehead atoms. The first kappa shape index (κ1) is 16.5. The van der Waals surface area contributed by atoms with E-state index >= 15 is 0 Å². The van der Waals surface area contributed by atoms with Crippen molar-refractivity contribution in [2.75, 3.05) is 7.11 Å². The summed E-state index contributed by atoms with van der Waals surface area (Å²) < 4.78 is 8.92. The second-order valence-corrected chi connectivity index (χ2v) is 3.64. The Morgan fingerprint density at radius 3 is 3.00 bits per heavy atom. The molecule has 18 heavy (non-hydrogen) atoms. The molecule has 0 spiro atoms. The number of oxime groups is 1. The summed E-state index contributed by atoms with van der Waals surface area (Å²) in [5.74, 6) is 3.42. The van der Waals surface area contributed by atoms with Gasteiger partial charge in [-0.3, -0.25) is 0 Å². The number of methoxy groups -OCH3 is 1. The van der Waals surface area contributed by atoms with E-state index in [0.29, 0.717) is 6.73 Å². The van der Waals surface area contributed by atoms with Gasteiger partial charge in [0, 0.05) is 13.5 Å². The van der Waals surface area contributed by atoms with Crippen LogP contribution in [0.25, 0.3) is 0 Å². The van der Waals surface area contributed by atoms with E-state index in [2.05, 4.69) is 11.1 Å². The van der Waals surface area contributed by atoms with E-state index in [1.807, 2.05) is 21.5 Å². The number of aromatic nitrogens is 2. The topological polar surface area (TPSA) is 50.6 Å². The predicted molar refractivity (Wildman–Crippen MR) is 63.7 cm³/mol. The Labute approximate surface area is 113 Å². The summed E-state index contributed by atoms with van der Waals surface area (Å²) in [7, 11) is 1.62. The second kappa shape index (κ2) is 9.51. The highest BCUT2D eigenvalue weighted by molar-refractivity contribution is 5.72. The van der Waals surface area contributed by atoms with Crippen LogP contribution in [0.4, 0.5) is 0 Å². The van der Waals surface area contributed by atoms with Crippen LogP contribution in [-0.4, -0.2) is 23.1 Å². The van der Waals surface area contributed by atoms with Crippen molar-refractivity contribution in [3.8, 4) is 12.3 Å². The molecule has 100 valence electrons. The van der Waals surface area contributed by atoms with E-state index in [9.17, 15) is 0 Å². The fourth-order valence-electron chi connectivity index (χ4n) is 1.63. The molecule has 5 nitrogen and oxygen atoms in total. The van der Waals surface area contributed by atoms with Crippen LogP contribution in [0.2, 0.25) is 0 Å². The highest BCUT2D eigenvalue weighted by atomic mass is 35.5. The smallest absolute Gasteiger partial charge is 0.305 e. The highest BCUT2D eigenvalue weighted by Crippen LogP contribution is 2.00.